The summed E-state index contributed by atoms with van der Waals surface area (Å²) in [5.74, 6) is 0.501. The topological polar surface area (TPSA) is 46.9 Å². The number of benzene rings is 1. The lowest BCUT2D eigenvalue weighted by Crippen LogP contribution is -2.35. The molecular weight excluding hydrogens is 274 g/mol. The molecule has 1 aromatic carbocycles. The average molecular weight is 297 g/mol. The first kappa shape index (κ1) is 14.8. The van der Waals surface area contributed by atoms with Crippen LogP contribution >= 0.6 is 0 Å². The van der Waals surface area contributed by atoms with Crippen molar-refractivity contribution in [3.63, 3.8) is 0 Å². The van der Waals surface area contributed by atoms with E-state index in [-0.39, 0.29) is 11.9 Å². The summed E-state index contributed by atoms with van der Waals surface area (Å²) in [5, 5.41) is 7.79. The molecule has 0 spiro atoms. The molecule has 1 fully saturated rings. The quantitative estimate of drug-likeness (QED) is 0.884. The molecule has 0 unspecified atom stereocenters. The predicted octanol–water partition coefficient (Wildman–Crippen LogP) is 3.67. The maximum Gasteiger partial charge on any atom is 0.270 e. The van der Waals surface area contributed by atoms with Crippen molar-refractivity contribution in [1.82, 2.24) is 15.1 Å². The lowest BCUT2D eigenvalue weighted by atomic mass is 10.1. The van der Waals surface area contributed by atoms with Crippen LogP contribution in [0.2, 0.25) is 0 Å². The summed E-state index contributed by atoms with van der Waals surface area (Å²) in [4.78, 5) is 12.7. The van der Waals surface area contributed by atoms with E-state index in [2.05, 4.69) is 24.3 Å². The number of nitrogens with one attached hydrogen (secondary N) is 1. The largest absolute Gasteiger partial charge is 0.348 e. The molecule has 0 radical (unpaired) electrons. The van der Waals surface area contributed by atoms with Crippen molar-refractivity contribution in [3.05, 3.63) is 47.8 Å². The first-order chi connectivity index (χ1) is 10.7. The maximum absolute atomic E-state index is 12.7. The molecule has 1 N–H and O–H groups in total. The van der Waals surface area contributed by atoms with Gasteiger partial charge in [-0.1, -0.05) is 32.0 Å². The standard InChI is InChI=1S/C18H23N3O/c1-3-14(4-2)19-18(22)17-12-16(13-10-11-13)20-21(17)15-8-6-5-7-9-15/h5-9,12-14H,3-4,10-11H2,1-2H3,(H,19,22). The fourth-order valence-electron chi connectivity index (χ4n) is 2.66. The SMILES string of the molecule is CCC(CC)NC(=O)c1cc(C2CC2)nn1-c1ccccc1. The predicted molar refractivity (Wildman–Crippen MR) is 87.4 cm³/mol. The summed E-state index contributed by atoms with van der Waals surface area (Å²) in [5.41, 5.74) is 2.61. The highest BCUT2D eigenvalue weighted by atomic mass is 16.2. The van der Waals surface area contributed by atoms with Gasteiger partial charge < -0.3 is 5.32 Å². The van der Waals surface area contributed by atoms with Crippen LogP contribution in [0.15, 0.2) is 36.4 Å². The van der Waals surface area contributed by atoms with Crippen LogP contribution in [-0.4, -0.2) is 21.7 Å². The first-order valence-corrected chi connectivity index (χ1v) is 8.19. The van der Waals surface area contributed by atoms with E-state index in [0.29, 0.717) is 11.6 Å². The van der Waals surface area contributed by atoms with Gasteiger partial charge >= 0.3 is 0 Å². The van der Waals surface area contributed by atoms with Crippen molar-refractivity contribution in [3.8, 4) is 5.69 Å². The van der Waals surface area contributed by atoms with Gasteiger partial charge in [0.05, 0.1) is 11.4 Å². The fraction of sp³-hybridized carbons (Fsp3) is 0.444. The molecule has 22 heavy (non-hydrogen) atoms. The van der Waals surface area contributed by atoms with Gasteiger partial charge in [-0.15, -0.1) is 0 Å². The number of para-hydroxylation sites is 1. The van der Waals surface area contributed by atoms with Crippen molar-refractivity contribution in [2.45, 2.75) is 51.5 Å². The Hall–Kier alpha value is -2.10. The summed E-state index contributed by atoms with van der Waals surface area (Å²) in [7, 11) is 0. The van der Waals surface area contributed by atoms with Gasteiger partial charge in [-0.05, 0) is 43.9 Å². The van der Waals surface area contributed by atoms with Gasteiger partial charge in [-0.25, -0.2) is 4.68 Å². The molecule has 116 valence electrons. The Morgan fingerprint density at radius 3 is 2.55 bits per heavy atom. The maximum atomic E-state index is 12.7. The minimum atomic E-state index is -0.0306. The third kappa shape index (κ3) is 3.06. The van der Waals surface area contributed by atoms with E-state index in [1.54, 1.807) is 4.68 Å². The van der Waals surface area contributed by atoms with E-state index in [1.807, 2.05) is 36.4 Å². The van der Waals surface area contributed by atoms with E-state index in [4.69, 9.17) is 0 Å². The second kappa shape index (κ2) is 6.34. The lowest BCUT2D eigenvalue weighted by Gasteiger charge is -2.15. The Kier molecular flexibility index (Phi) is 4.27. The number of carbonyl (C=O) groups is 1. The summed E-state index contributed by atoms with van der Waals surface area (Å²) in [6.07, 6.45) is 4.24. The van der Waals surface area contributed by atoms with E-state index in [1.165, 1.54) is 12.8 Å². The zero-order valence-corrected chi connectivity index (χ0v) is 13.2. The molecule has 3 rings (SSSR count). The molecule has 1 amide bonds. The van der Waals surface area contributed by atoms with Gasteiger partial charge in [0.1, 0.15) is 5.69 Å². The molecule has 0 saturated heterocycles. The van der Waals surface area contributed by atoms with Crippen LogP contribution < -0.4 is 5.32 Å². The van der Waals surface area contributed by atoms with Gasteiger partial charge in [0.15, 0.2) is 0 Å². The molecule has 2 aromatic rings. The molecule has 1 saturated carbocycles. The summed E-state index contributed by atoms with van der Waals surface area (Å²) < 4.78 is 1.78. The Balaban J connectivity index is 1.93. The summed E-state index contributed by atoms with van der Waals surface area (Å²) >= 11 is 0. The number of hydrogen-bond acceptors (Lipinski definition) is 2. The second-order valence-corrected chi connectivity index (χ2v) is 5.96. The minimum absolute atomic E-state index is 0.0306. The van der Waals surface area contributed by atoms with Crippen LogP contribution in [0.5, 0.6) is 0 Å². The molecule has 0 aliphatic heterocycles. The number of nitrogens with zero attached hydrogens (tertiary/aromatic N) is 2. The number of carbonyl (C=O) groups excluding carboxylic acids is 1. The van der Waals surface area contributed by atoms with Crippen LogP contribution in [-0.2, 0) is 0 Å². The Morgan fingerprint density at radius 1 is 1.27 bits per heavy atom. The molecule has 0 bridgehead atoms. The third-order valence-electron chi connectivity index (χ3n) is 4.28. The lowest BCUT2D eigenvalue weighted by molar-refractivity contribution is 0.0927. The van der Waals surface area contributed by atoms with E-state index in [0.717, 1.165) is 24.2 Å². The molecule has 1 aliphatic rings. The molecular formula is C18H23N3O. The monoisotopic (exact) mass is 297 g/mol. The third-order valence-corrected chi connectivity index (χ3v) is 4.28. The highest BCUT2D eigenvalue weighted by Crippen LogP contribution is 2.39. The summed E-state index contributed by atoms with van der Waals surface area (Å²) in [6.45, 7) is 4.19. The first-order valence-electron chi connectivity index (χ1n) is 8.19. The van der Waals surface area contributed by atoms with Crippen LogP contribution in [0.1, 0.15) is 61.6 Å². The molecule has 4 nitrogen and oxygen atoms in total. The normalized spacial score (nSPS) is 14.3. The van der Waals surface area contributed by atoms with Gasteiger partial charge in [0.25, 0.3) is 5.91 Å². The van der Waals surface area contributed by atoms with E-state index < -0.39 is 0 Å². The van der Waals surface area contributed by atoms with Crippen LogP contribution in [0.3, 0.4) is 0 Å². The molecule has 0 atom stereocenters. The Morgan fingerprint density at radius 2 is 1.95 bits per heavy atom. The zero-order chi connectivity index (χ0) is 15.5. The van der Waals surface area contributed by atoms with Gasteiger partial charge in [-0.2, -0.15) is 5.10 Å². The zero-order valence-electron chi connectivity index (χ0n) is 13.2. The molecule has 1 heterocycles. The van der Waals surface area contributed by atoms with Crippen LogP contribution in [0.4, 0.5) is 0 Å². The van der Waals surface area contributed by atoms with E-state index in [9.17, 15) is 4.79 Å². The number of aromatic nitrogens is 2. The van der Waals surface area contributed by atoms with Crippen molar-refractivity contribution >= 4 is 5.91 Å². The highest BCUT2D eigenvalue weighted by Gasteiger charge is 2.29. The smallest absolute Gasteiger partial charge is 0.270 e. The average Bonchev–Trinajstić information content (AvgIpc) is 3.31. The minimum Gasteiger partial charge on any atom is -0.348 e. The number of amides is 1. The Bertz CT molecular complexity index is 640. The Labute approximate surface area is 131 Å². The van der Waals surface area contributed by atoms with Crippen LogP contribution in [0.25, 0.3) is 5.69 Å². The van der Waals surface area contributed by atoms with Crippen molar-refractivity contribution < 1.29 is 4.79 Å². The van der Waals surface area contributed by atoms with Gasteiger partial charge in [0.2, 0.25) is 0 Å². The number of rotatable bonds is 6. The molecule has 4 heteroatoms. The van der Waals surface area contributed by atoms with Crippen molar-refractivity contribution in [1.29, 1.82) is 0 Å². The van der Waals surface area contributed by atoms with Crippen molar-refractivity contribution in [2.24, 2.45) is 0 Å². The van der Waals surface area contributed by atoms with Crippen molar-refractivity contribution in [2.75, 3.05) is 0 Å². The van der Waals surface area contributed by atoms with E-state index >= 15 is 0 Å². The second-order valence-electron chi connectivity index (χ2n) is 5.96. The van der Waals surface area contributed by atoms with Gasteiger partial charge in [-0.3, -0.25) is 4.79 Å². The summed E-state index contributed by atoms with van der Waals surface area (Å²) in [6, 6.07) is 12.1. The van der Waals surface area contributed by atoms with Crippen LogP contribution in [0, 0.1) is 0 Å². The fourth-order valence-corrected chi connectivity index (χ4v) is 2.66. The number of hydrogen-bond donors (Lipinski definition) is 1. The molecule has 1 aromatic heterocycles. The molecule has 1 aliphatic carbocycles. The van der Waals surface area contributed by atoms with Gasteiger partial charge in [0, 0.05) is 12.0 Å². The highest BCUT2D eigenvalue weighted by molar-refractivity contribution is 5.93.